The van der Waals surface area contributed by atoms with Crippen molar-refractivity contribution in [2.45, 2.75) is 0 Å². The molecule has 0 spiro atoms. The van der Waals surface area contributed by atoms with E-state index in [2.05, 4.69) is 20.6 Å². The Labute approximate surface area is 161 Å². The fourth-order valence-corrected chi connectivity index (χ4v) is 2.75. The van der Waals surface area contributed by atoms with Crippen molar-refractivity contribution >= 4 is 23.1 Å². The van der Waals surface area contributed by atoms with Crippen LogP contribution in [0.25, 0.3) is 0 Å². The molecule has 1 aliphatic rings. The molecule has 0 saturated carbocycles. The number of aromatic nitrogens is 2. The van der Waals surface area contributed by atoms with Gasteiger partial charge in [0.05, 0.1) is 12.8 Å². The first-order chi connectivity index (χ1) is 13.7. The smallest absolute Gasteiger partial charge is 0.274 e. The molecule has 2 N–H and O–H groups in total. The number of methoxy groups -OCH3 is 1. The molecule has 0 saturated heterocycles. The number of hydrogen-bond donors (Lipinski definition) is 2. The van der Waals surface area contributed by atoms with Crippen molar-refractivity contribution in [1.82, 2.24) is 9.97 Å². The predicted octanol–water partition coefficient (Wildman–Crippen LogP) is 3.25. The molecule has 8 heteroatoms. The van der Waals surface area contributed by atoms with Crippen LogP contribution in [-0.4, -0.2) is 36.2 Å². The predicted molar refractivity (Wildman–Crippen MR) is 104 cm³/mol. The molecule has 1 amide bonds. The summed E-state index contributed by atoms with van der Waals surface area (Å²) in [7, 11) is 1.59. The maximum absolute atomic E-state index is 12.6. The van der Waals surface area contributed by atoms with Gasteiger partial charge in [0.1, 0.15) is 36.8 Å². The summed E-state index contributed by atoms with van der Waals surface area (Å²) in [5.41, 5.74) is 1.55. The summed E-state index contributed by atoms with van der Waals surface area (Å²) in [6.45, 7) is 0.996. The van der Waals surface area contributed by atoms with E-state index in [1.807, 2.05) is 24.3 Å². The van der Waals surface area contributed by atoms with E-state index in [1.54, 1.807) is 31.4 Å². The Balaban J connectivity index is 1.50. The minimum Gasteiger partial charge on any atom is -0.495 e. The molecule has 2 heterocycles. The number of nitrogens with zero attached hydrogens (tertiary/aromatic N) is 2. The van der Waals surface area contributed by atoms with Crippen LogP contribution >= 0.6 is 0 Å². The molecule has 142 valence electrons. The number of fused-ring (bicyclic) bond motifs is 1. The number of nitrogens with one attached hydrogen (secondary N) is 2. The third-order valence-corrected chi connectivity index (χ3v) is 4.07. The molecule has 0 atom stereocenters. The summed E-state index contributed by atoms with van der Waals surface area (Å²) in [5, 5.41) is 5.94. The van der Waals surface area contributed by atoms with E-state index in [1.165, 1.54) is 6.33 Å². The van der Waals surface area contributed by atoms with Crippen molar-refractivity contribution < 1.29 is 19.0 Å². The monoisotopic (exact) mass is 378 g/mol. The van der Waals surface area contributed by atoms with Gasteiger partial charge in [-0.05, 0) is 24.3 Å². The van der Waals surface area contributed by atoms with E-state index in [0.29, 0.717) is 42.0 Å². The maximum Gasteiger partial charge on any atom is 0.274 e. The van der Waals surface area contributed by atoms with Crippen molar-refractivity contribution in [2.24, 2.45) is 0 Å². The lowest BCUT2D eigenvalue weighted by molar-refractivity contribution is 0.102. The molecular formula is C20H18N4O4. The number of amides is 1. The molecular weight excluding hydrogens is 360 g/mol. The van der Waals surface area contributed by atoms with E-state index in [9.17, 15) is 4.79 Å². The summed E-state index contributed by atoms with van der Waals surface area (Å²) in [6, 6.07) is 14.2. The lowest BCUT2D eigenvalue weighted by atomic mass is 10.2. The van der Waals surface area contributed by atoms with Gasteiger partial charge in [-0.15, -0.1) is 0 Å². The normalized spacial score (nSPS) is 12.2. The van der Waals surface area contributed by atoms with Crippen LogP contribution in [0.2, 0.25) is 0 Å². The Bertz CT molecular complexity index is 1010. The van der Waals surface area contributed by atoms with Crippen LogP contribution in [0.3, 0.4) is 0 Å². The Hall–Kier alpha value is -3.81. The lowest BCUT2D eigenvalue weighted by Gasteiger charge is -2.19. The molecule has 0 bridgehead atoms. The molecule has 8 nitrogen and oxygen atoms in total. The van der Waals surface area contributed by atoms with Gasteiger partial charge in [-0.2, -0.15) is 0 Å². The summed E-state index contributed by atoms with van der Waals surface area (Å²) in [6.07, 6.45) is 1.33. The van der Waals surface area contributed by atoms with E-state index in [-0.39, 0.29) is 11.6 Å². The summed E-state index contributed by atoms with van der Waals surface area (Å²) < 4.78 is 16.3. The highest BCUT2D eigenvalue weighted by atomic mass is 16.6. The molecule has 0 unspecified atom stereocenters. The molecule has 0 fully saturated rings. The quantitative estimate of drug-likeness (QED) is 0.704. The van der Waals surface area contributed by atoms with Crippen molar-refractivity contribution in [1.29, 1.82) is 0 Å². The molecule has 0 radical (unpaired) electrons. The zero-order chi connectivity index (χ0) is 19.3. The third kappa shape index (κ3) is 3.80. The lowest BCUT2D eigenvalue weighted by Crippen LogP contribution is -2.17. The average molecular weight is 378 g/mol. The van der Waals surface area contributed by atoms with Crippen molar-refractivity contribution in [3.63, 3.8) is 0 Å². The summed E-state index contributed by atoms with van der Waals surface area (Å²) in [5.74, 6) is 2.05. The van der Waals surface area contributed by atoms with Crippen LogP contribution in [0.4, 0.5) is 17.2 Å². The largest absolute Gasteiger partial charge is 0.495 e. The van der Waals surface area contributed by atoms with E-state index >= 15 is 0 Å². The fraction of sp³-hybridized carbons (Fsp3) is 0.150. The SMILES string of the molecule is COc1ccccc1Nc1cc(C(=O)Nc2ccc3c(c2)OCCO3)ncn1. The van der Waals surface area contributed by atoms with Gasteiger partial charge in [-0.1, -0.05) is 12.1 Å². The molecule has 4 rings (SSSR count). The number of anilines is 3. The van der Waals surface area contributed by atoms with E-state index in [0.717, 1.165) is 5.69 Å². The van der Waals surface area contributed by atoms with Crippen molar-refractivity contribution in [2.75, 3.05) is 31.0 Å². The highest BCUT2D eigenvalue weighted by molar-refractivity contribution is 6.03. The molecule has 3 aromatic rings. The summed E-state index contributed by atoms with van der Waals surface area (Å²) in [4.78, 5) is 20.8. The van der Waals surface area contributed by atoms with Gasteiger partial charge >= 0.3 is 0 Å². The van der Waals surface area contributed by atoms with Gasteiger partial charge in [-0.25, -0.2) is 9.97 Å². The zero-order valence-corrected chi connectivity index (χ0v) is 15.1. The van der Waals surface area contributed by atoms with Crippen LogP contribution in [-0.2, 0) is 0 Å². The van der Waals surface area contributed by atoms with Crippen molar-refractivity contribution in [3.8, 4) is 17.2 Å². The van der Waals surface area contributed by atoms with Gasteiger partial charge in [-0.3, -0.25) is 4.79 Å². The van der Waals surface area contributed by atoms with E-state index < -0.39 is 0 Å². The number of carbonyl (C=O) groups excluding carboxylic acids is 1. The number of hydrogen-bond acceptors (Lipinski definition) is 7. The molecule has 1 aromatic heterocycles. The number of para-hydroxylation sites is 2. The Kier molecular flexibility index (Phi) is 4.92. The maximum atomic E-state index is 12.6. The second-order valence-corrected chi connectivity index (χ2v) is 5.93. The molecule has 28 heavy (non-hydrogen) atoms. The van der Waals surface area contributed by atoms with E-state index in [4.69, 9.17) is 14.2 Å². The first kappa shape index (κ1) is 17.6. The Morgan fingerprint density at radius 3 is 2.71 bits per heavy atom. The van der Waals surface area contributed by atoms with Crippen LogP contribution in [0, 0.1) is 0 Å². The number of rotatable bonds is 5. The molecule has 0 aliphatic carbocycles. The van der Waals surface area contributed by atoms with Gasteiger partial charge in [0.2, 0.25) is 0 Å². The number of carbonyl (C=O) groups is 1. The average Bonchev–Trinajstić information content (AvgIpc) is 2.74. The van der Waals surface area contributed by atoms with Gasteiger partial charge in [0.15, 0.2) is 11.5 Å². The van der Waals surface area contributed by atoms with Gasteiger partial charge < -0.3 is 24.8 Å². The highest BCUT2D eigenvalue weighted by Gasteiger charge is 2.15. The molecule has 1 aliphatic heterocycles. The van der Waals surface area contributed by atoms with Crippen LogP contribution in [0.1, 0.15) is 10.5 Å². The topological polar surface area (TPSA) is 94.6 Å². The van der Waals surface area contributed by atoms with Crippen molar-refractivity contribution in [3.05, 3.63) is 60.6 Å². The molecule has 2 aromatic carbocycles. The fourth-order valence-electron chi connectivity index (χ4n) is 2.75. The first-order valence-electron chi connectivity index (χ1n) is 8.66. The standard InChI is InChI=1S/C20H18N4O4/c1-26-16-5-3-2-4-14(16)24-19-11-15(21-12-22-19)20(25)23-13-6-7-17-18(10-13)28-9-8-27-17/h2-7,10-12H,8-9H2,1H3,(H,23,25)(H,21,22,24). The summed E-state index contributed by atoms with van der Waals surface area (Å²) >= 11 is 0. The van der Waals surface area contributed by atoms with Gasteiger partial charge in [0.25, 0.3) is 5.91 Å². The zero-order valence-electron chi connectivity index (χ0n) is 15.1. The number of benzene rings is 2. The Morgan fingerprint density at radius 2 is 1.86 bits per heavy atom. The number of ether oxygens (including phenoxy) is 3. The van der Waals surface area contributed by atoms with Crippen LogP contribution in [0.5, 0.6) is 17.2 Å². The first-order valence-corrected chi connectivity index (χ1v) is 8.66. The Morgan fingerprint density at radius 1 is 1.04 bits per heavy atom. The van der Waals surface area contributed by atoms with Gasteiger partial charge in [0, 0.05) is 17.8 Å². The van der Waals surface area contributed by atoms with Crippen LogP contribution in [0.15, 0.2) is 54.9 Å². The minimum atomic E-state index is -0.359. The second-order valence-electron chi connectivity index (χ2n) is 5.93. The minimum absolute atomic E-state index is 0.224. The highest BCUT2D eigenvalue weighted by Crippen LogP contribution is 2.32. The third-order valence-electron chi connectivity index (χ3n) is 4.07. The van der Waals surface area contributed by atoms with Crippen LogP contribution < -0.4 is 24.8 Å². The second kappa shape index (κ2) is 7.83.